The van der Waals surface area contributed by atoms with E-state index >= 15 is 0 Å². The zero-order valence-electron chi connectivity index (χ0n) is 39.8. The molecule has 3 aliphatic heterocycles. The Bertz CT molecular complexity index is 2480. The van der Waals surface area contributed by atoms with Crippen LogP contribution in [-0.4, -0.2) is 136 Å². The summed E-state index contributed by atoms with van der Waals surface area (Å²) in [6, 6.07) is 7.06. The molecule has 0 spiro atoms. The van der Waals surface area contributed by atoms with Crippen molar-refractivity contribution in [1.29, 1.82) is 0 Å². The van der Waals surface area contributed by atoms with Crippen LogP contribution in [0.5, 0.6) is 0 Å². The Morgan fingerprint density at radius 1 is 1.14 bits per heavy atom. The van der Waals surface area contributed by atoms with Crippen LogP contribution < -0.4 is 10.7 Å². The first-order valence-corrected chi connectivity index (χ1v) is 23.9. The lowest BCUT2D eigenvalue weighted by Gasteiger charge is -2.37. The molecular weight excluding hydrogens is 859 g/mol. The van der Waals surface area contributed by atoms with Crippen LogP contribution in [0.4, 0.5) is 4.79 Å². The van der Waals surface area contributed by atoms with Gasteiger partial charge < -0.3 is 34.1 Å². The number of nitrogens with zero attached hydrogens (tertiary/aromatic N) is 7. The lowest BCUT2D eigenvalue weighted by molar-refractivity contribution is -0.155. The number of likely N-dealkylation sites (tertiary alicyclic amines) is 1. The third-order valence-electron chi connectivity index (χ3n) is 13.3. The fourth-order valence-corrected chi connectivity index (χ4v) is 10.5. The van der Waals surface area contributed by atoms with Gasteiger partial charge in [-0.25, -0.2) is 15.2 Å². The number of methoxy groups -OCH3 is 1. The summed E-state index contributed by atoms with van der Waals surface area (Å²) in [5.74, 6) is -1.92. The smallest absolute Gasteiger partial charge is 0.324 e. The highest BCUT2D eigenvalue weighted by Crippen LogP contribution is 2.42. The van der Waals surface area contributed by atoms with Gasteiger partial charge in [0.2, 0.25) is 11.8 Å². The van der Waals surface area contributed by atoms with E-state index in [-0.39, 0.29) is 43.0 Å². The second-order valence-corrected chi connectivity index (χ2v) is 19.8. The first kappa shape index (κ1) is 48.3. The number of hydrazine groups is 1. The molecule has 2 fully saturated rings. The lowest BCUT2D eigenvalue weighted by Crippen LogP contribution is -2.62. The summed E-state index contributed by atoms with van der Waals surface area (Å²) >= 11 is 1.40. The van der Waals surface area contributed by atoms with E-state index < -0.39 is 41.3 Å². The third-order valence-corrected chi connectivity index (χ3v) is 14.1. The molecule has 0 radical (unpaired) electrons. The van der Waals surface area contributed by atoms with Crippen molar-refractivity contribution < 1.29 is 33.4 Å². The first-order valence-electron chi connectivity index (χ1n) is 23.0. The number of nitrogens with one attached hydrogen (secondary N) is 2. The number of carbonyl (C=O) groups is 5. The van der Waals surface area contributed by atoms with E-state index in [0.717, 1.165) is 44.7 Å². The highest BCUT2D eigenvalue weighted by atomic mass is 32.1. The summed E-state index contributed by atoms with van der Waals surface area (Å²) in [4.78, 5) is 83.8. The van der Waals surface area contributed by atoms with Crippen LogP contribution in [0, 0.1) is 11.3 Å². The minimum absolute atomic E-state index is 0.0714. The number of esters is 1. The number of hydrogen-bond donors (Lipinski definition) is 2. The fraction of sp³-hybridized carbons (Fsp3) is 0.531. The van der Waals surface area contributed by atoms with Gasteiger partial charge in [0.1, 0.15) is 18.1 Å². The number of pyridine rings is 1. The molecule has 0 saturated carbocycles. The predicted molar refractivity (Wildman–Crippen MR) is 254 cm³/mol. The summed E-state index contributed by atoms with van der Waals surface area (Å²) < 4.78 is 14.2. The molecule has 1 aromatic carbocycles. The maximum absolute atomic E-state index is 14.6. The number of thiazole rings is 1. The number of aromatic nitrogens is 3. The van der Waals surface area contributed by atoms with Gasteiger partial charge in [-0.2, -0.15) is 0 Å². The summed E-state index contributed by atoms with van der Waals surface area (Å²) in [5, 5.41) is 8.09. The van der Waals surface area contributed by atoms with Gasteiger partial charge in [0.25, 0.3) is 5.91 Å². The SMILES string of the molecule is C=CC(=O)N(C)[C@H]1CCN(C(=O)N(C)C(C(=O)N[C@H]2Cc3nc(cs3)-c3ccc4c(c3)c(c(-c3cccnc3[C@H](C)OC)n4CC)CC(C)(C)COC(=O)[C@@H]3CCCN(N3)C2=O)C(C)C)C1. The number of fused-ring (bicyclic) bond motifs is 6. The third kappa shape index (κ3) is 9.88. The van der Waals surface area contributed by atoms with Gasteiger partial charge in [0.15, 0.2) is 0 Å². The van der Waals surface area contributed by atoms with Crippen molar-refractivity contribution in [3.63, 3.8) is 0 Å². The van der Waals surface area contributed by atoms with Crippen molar-refractivity contribution >= 4 is 52.0 Å². The highest BCUT2D eigenvalue weighted by molar-refractivity contribution is 7.10. The second-order valence-electron chi connectivity index (χ2n) is 18.9. The number of aryl methyl sites for hydroxylation is 1. The number of likely N-dealkylation sites (N-methyl/N-ethyl adjacent to an activating group) is 2. The molecule has 5 amide bonds. The van der Waals surface area contributed by atoms with Gasteiger partial charge in [-0.05, 0) is 81.4 Å². The van der Waals surface area contributed by atoms with Crippen LogP contribution in [0.2, 0.25) is 0 Å². The van der Waals surface area contributed by atoms with Crippen LogP contribution >= 0.6 is 11.3 Å². The largest absolute Gasteiger partial charge is 0.464 e. The quantitative estimate of drug-likeness (QED) is 0.142. The Morgan fingerprint density at radius 3 is 2.62 bits per heavy atom. The number of hydrogen-bond acceptors (Lipinski definition) is 11. The molecule has 4 aromatic rings. The zero-order valence-corrected chi connectivity index (χ0v) is 40.6. The number of cyclic esters (lactones) is 1. The van der Waals surface area contributed by atoms with Crippen molar-refractivity contribution in [2.75, 3.05) is 47.4 Å². The van der Waals surface area contributed by atoms with Crippen molar-refractivity contribution in [2.24, 2.45) is 11.3 Å². The van der Waals surface area contributed by atoms with Crippen LogP contribution in [0.3, 0.4) is 0 Å². The first-order chi connectivity index (χ1) is 31.5. The number of benzene rings is 1. The number of carbonyl (C=O) groups excluding carboxylic acids is 5. The van der Waals surface area contributed by atoms with Gasteiger partial charge >= 0.3 is 12.0 Å². The monoisotopic (exact) mass is 923 g/mol. The number of ether oxygens (including phenoxy) is 2. The maximum atomic E-state index is 14.6. The van der Waals surface area contributed by atoms with Crippen LogP contribution in [-0.2, 0) is 48.0 Å². The molecule has 66 heavy (non-hydrogen) atoms. The van der Waals surface area contributed by atoms with E-state index in [9.17, 15) is 24.0 Å². The van der Waals surface area contributed by atoms with Gasteiger partial charge in [-0.3, -0.25) is 29.2 Å². The van der Waals surface area contributed by atoms with Crippen LogP contribution in [0.15, 0.2) is 54.6 Å². The van der Waals surface area contributed by atoms with Gasteiger partial charge in [-0.1, -0.05) is 40.3 Å². The minimum Gasteiger partial charge on any atom is -0.464 e. The highest BCUT2D eigenvalue weighted by Gasteiger charge is 2.40. The van der Waals surface area contributed by atoms with E-state index in [1.807, 2.05) is 32.2 Å². The Labute approximate surface area is 391 Å². The molecule has 6 bridgehead atoms. The molecule has 0 aliphatic carbocycles. The summed E-state index contributed by atoms with van der Waals surface area (Å²) in [5.41, 5.74) is 9.25. The van der Waals surface area contributed by atoms with Gasteiger partial charge in [-0.15, -0.1) is 11.3 Å². The zero-order chi connectivity index (χ0) is 47.6. The average molecular weight is 924 g/mol. The molecule has 6 heterocycles. The van der Waals surface area contributed by atoms with Crippen LogP contribution in [0.1, 0.15) is 83.2 Å². The standard InChI is InChI=1S/C49H65N9O7S/c1-11-41(59)54(8)32-19-22-56(26-32)48(63)55(9)43(29(3)4)45(60)52-37-24-40-51-38(27-66-40)31-17-18-39-34(23-31)35(44(57(39)12-2)33-15-13-20-50-42(33)30(5)64-10)25-49(6,7)28-65-47(62)36-16-14-21-58(53-36)46(37)61/h11,13,15,17-18,20,23,27,29-30,32,36-37,43,53H,1,12,14,16,19,21-22,24-26,28H2,2-10H3,(H,52,60)/t30-,32-,36-,37-,43?/m0/s1. The van der Waals surface area contributed by atoms with E-state index in [0.29, 0.717) is 56.9 Å². The molecule has 16 nitrogen and oxygen atoms in total. The van der Waals surface area contributed by atoms with Gasteiger partial charge in [0.05, 0.1) is 40.8 Å². The molecule has 3 aromatic heterocycles. The van der Waals surface area contributed by atoms with E-state index in [1.54, 1.807) is 37.2 Å². The van der Waals surface area contributed by atoms with Crippen molar-refractivity contribution in [2.45, 2.75) is 110 Å². The minimum atomic E-state index is -1.09. The molecule has 2 saturated heterocycles. The topological polar surface area (TPSA) is 172 Å². The van der Waals surface area contributed by atoms with Crippen molar-refractivity contribution in [1.82, 2.24) is 45.0 Å². The average Bonchev–Trinajstić information content (AvgIpc) is 4.07. The Hall–Kier alpha value is -5.65. The normalized spacial score (nSPS) is 21.0. The fourth-order valence-electron chi connectivity index (χ4n) is 9.64. The maximum Gasteiger partial charge on any atom is 0.324 e. The molecule has 17 heteroatoms. The predicted octanol–water partition coefficient (Wildman–Crippen LogP) is 6.00. The van der Waals surface area contributed by atoms with Crippen molar-refractivity contribution in [3.05, 3.63) is 70.8 Å². The van der Waals surface area contributed by atoms with E-state index in [2.05, 4.69) is 66.9 Å². The Kier molecular flexibility index (Phi) is 14.7. The van der Waals surface area contributed by atoms with E-state index in [1.165, 1.54) is 27.3 Å². The molecule has 3 aliphatic rings. The molecule has 7 rings (SSSR count). The second kappa shape index (κ2) is 20.1. The number of rotatable bonds is 10. The lowest BCUT2D eigenvalue weighted by atomic mass is 9.84. The number of amides is 5. The summed E-state index contributed by atoms with van der Waals surface area (Å²) in [7, 11) is 4.97. The summed E-state index contributed by atoms with van der Waals surface area (Å²) in [6.45, 7) is 17.5. The summed E-state index contributed by atoms with van der Waals surface area (Å²) in [6.07, 6.45) is 5.03. The molecular formula is C49H65N9O7S. The van der Waals surface area contributed by atoms with E-state index in [4.69, 9.17) is 19.4 Å². The van der Waals surface area contributed by atoms with Crippen molar-refractivity contribution in [3.8, 4) is 22.5 Å². The Balaban J connectivity index is 1.25. The number of urea groups is 1. The Morgan fingerprint density at radius 2 is 1.91 bits per heavy atom. The van der Waals surface area contributed by atoms with Gasteiger partial charge in [0, 0.05) is 92.8 Å². The molecule has 1 unspecified atom stereocenters. The molecule has 354 valence electrons. The van der Waals surface area contributed by atoms with Crippen LogP contribution in [0.25, 0.3) is 33.4 Å². The molecule has 2 N–H and O–H groups in total. The molecule has 5 atom stereocenters.